The molecule has 2 aromatic rings. The monoisotopic (exact) mass is 321 g/mol. The van der Waals surface area contributed by atoms with E-state index in [0.29, 0.717) is 15.8 Å². The van der Waals surface area contributed by atoms with Crippen LogP contribution >= 0.6 is 11.6 Å². The number of pyridine rings is 1. The minimum Gasteiger partial charge on any atom is -0.493 e. The second kappa shape index (κ2) is 5.03. The van der Waals surface area contributed by atoms with Crippen molar-refractivity contribution >= 4 is 17.4 Å². The Hall–Kier alpha value is -2.09. The van der Waals surface area contributed by atoms with Gasteiger partial charge in [-0.3, -0.25) is 5.43 Å². The molecule has 0 amide bonds. The van der Waals surface area contributed by atoms with Crippen LogP contribution in [-0.2, 0) is 6.18 Å². The first-order valence-corrected chi connectivity index (χ1v) is 6.11. The Morgan fingerprint density at radius 1 is 1.14 bits per heavy atom. The number of aromatic hydroxyl groups is 2. The van der Waals surface area contributed by atoms with Crippen LogP contribution in [0.1, 0.15) is 16.7 Å². The van der Waals surface area contributed by atoms with Gasteiger partial charge in [-0.05, 0) is 26.0 Å². The molecule has 3 N–H and O–H groups in total. The topological polar surface area (TPSA) is 70.3 Å². The number of hydrogen-bond acceptors (Lipinski definition) is 4. The standard InChI is InChI=1S/C12H11ClF3N3O2/c1-5-6(2)11(21)19(10(5)20)18-9-7(12(14,15)16)3-4-8(13)17-9/h3-4,20-21H,1-2H3,(H,17,18). The van der Waals surface area contributed by atoms with Crippen molar-refractivity contribution in [1.29, 1.82) is 0 Å². The average molecular weight is 322 g/mol. The number of rotatable bonds is 2. The normalized spacial score (nSPS) is 11.7. The molecule has 114 valence electrons. The summed E-state index contributed by atoms with van der Waals surface area (Å²) in [7, 11) is 0. The van der Waals surface area contributed by atoms with Crippen LogP contribution in [0.2, 0.25) is 5.15 Å². The number of aromatic nitrogens is 2. The fourth-order valence-electron chi connectivity index (χ4n) is 1.73. The Kier molecular flexibility index (Phi) is 3.66. The molecule has 0 aliphatic heterocycles. The van der Waals surface area contributed by atoms with Crippen molar-refractivity contribution in [1.82, 2.24) is 9.66 Å². The summed E-state index contributed by atoms with van der Waals surface area (Å²) in [5, 5.41) is 19.5. The van der Waals surface area contributed by atoms with Gasteiger partial charge in [0.25, 0.3) is 0 Å². The van der Waals surface area contributed by atoms with Crippen molar-refractivity contribution in [2.45, 2.75) is 20.0 Å². The van der Waals surface area contributed by atoms with E-state index in [2.05, 4.69) is 10.4 Å². The molecular weight excluding hydrogens is 311 g/mol. The van der Waals surface area contributed by atoms with Crippen LogP contribution in [0.4, 0.5) is 19.0 Å². The second-order valence-electron chi connectivity index (χ2n) is 4.37. The van der Waals surface area contributed by atoms with E-state index in [1.54, 1.807) is 0 Å². The molecule has 2 rings (SSSR count). The summed E-state index contributed by atoms with van der Waals surface area (Å²) < 4.78 is 39.4. The van der Waals surface area contributed by atoms with Gasteiger partial charge in [-0.2, -0.15) is 17.8 Å². The van der Waals surface area contributed by atoms with Crippen LogP contribution in [0.3, 0.4) is 0 Å². The van der Waals surface area contributed by atoms with Gasteiger partial charge in [0, 0.05) is 11.1 Å². The Bertz CT molecular complexity index is 673. The Balaban J connectivity index is 2.55. The van der Waals surface area contributed by atoms with Gasteiger partial charge in [0.15, 0.2) is 5.82 Å². The van der Waals surface area contributed by atoms with Crippen molar-refractivity contribution in [2.75, 3.05) is 5.43 Å². The number of alkyl halides is 3. The molecule has 0 fully saturated rings. The molecule has 0 radical (unpaired) electrons. The molecule has 2 heterocycles. The number of hydrogen-bond donors (Lipinski definition) is 3. The van der Waals surface area contributed by atoms with Gasteiger partial charge in [-0.1, -0.05) is 11.6 Å². The highest BCUT2D eigenvalue weighted by molar-refractivity contribution is 6.29. The van der Waals surface area contributed by atoms with Crippen molar-refractivity contribution in [3.63, 3.8) is 0 Å². The fraction of sp³-hybridized carbons (Fsp3) is 0.250. The first-order valence-electron chi connectivity index (χ1n) is 5.73. The van der Waals surface area contributed by atoms with Gasteiger partial charge in [-0.15, -0.1) is 0 Å². The molecule has 2 aromatic heterocycles. The number of anilines is 1. The minimum absolute atomic E-state index is 0.162. The fourth-order valence-corrected chi connectivity index (χ4v) is 1.88. The smallest absolute Gasteiger partial charge is 0.420 e. The maximum atomic E-state index is 12.9. The third-order valence-corrected chi connectivity index (χ3v) is 3.25. The highest BCUT2D eigenvalue weighted by Gasteiger charge is 2.35. The highest BCUT2D eigenvalue weighted by Crippen LogP contribution is 2.37. The Morgan fingerprint density at radius 2 is 1.67 bits per heavy atom. The van der Waals surface area contributed by atoms with Crippen molar-refractivity contribution in [2.24, 2.45) is 0 Å². The number of nitrogens with one attached hydrogen (secondary N) is 1. The lowest BCUT2D eigenvalue weighted by Gasteiger charge is -2.15. The Labute approximate surface area is 122 Å². The van der Waals surface area contributed by atoms with E-state index < -0.39 is 29.3 Å². The summed E-state index contributed by atoms with van der Waals surface area (Å²) in [6.45, 7) is 3.03. The molecule has 0 aliphatic rings. The lowest BCUT2D eigenvalue weighted by molar-refractivity contribution is -0.137. The van der Waals surface area contributed by atoms with Gasteiger partial charge in [-0.25, -0.2) is 4.98 Å². The van der Waals surface area contributed by atoms with E-state index in [9.17, 15) is 23.4 Å². The summed E-state index contributed by atoms with van der Waals surface area (Å²) in [5.74, 6) is -1.46. The molecule has 0 saturated heterocycles. The van der Waals surface area contributed by atoms with Crippen molar-refractivity contribution in [3.8, 4) is 11.8 Å². The molecule has 0 saturated carbocycles. The van der Waals surface area contributed by atoms with Gasteiger partial charge in [0.2, 0.25) is 11.8 Å². The Morgan fingerprint density at radius 3 is 2.14 bits per heavy atom. The molecule has 21 heavy (non-hydrogen) atoms. The van der Waals surface area contributed by atoms with Crippen LogP contribution in [0.15, 0.2) is 12.1 Å². The molecule has 0 aromatic carbocycles. The average Bonchev–Trinajstić information content (AvgIpc) is 2.55. The third-order valence-electron chi connectivity index (χ3n) is 3.04. The maximum Gasteiger partial charge on any atom is 0.420 e. The van der Waals surface area contributed by atoms with Crippen LogP contribution < -0.4 is 5.43 Å². The van der Waals surface area contributed by atoms with E-state index >= 15 is 0 Å². The van der Waals surface area contributed by atoms with Crippen molar-refractivity contribution in [3.05, 3.63) is 34.0 Å². The summed E-state index contributed by atoms with van der Waals surface area (Å²) >= 11 is 5.60. The van der Waals surface area contributed by atoms with E-state index in [-0.39, 0.29) is 5.15 Å². The SMILES string of the molecule is Cc1c(C)c(O)n(Nc2nc(Cl)ccc2C(F)(F)F)c1O. The molecular formula is C12H11ClF3N3O2. The van der Waals surface area contributed by atoms with Crippen LogP contribution in [0, 0.1) is 13.8 Å². The van der Waals surface area contributed by atoms with Gasteiger partial charge < -0.3 is 10.2 Å². The minimum atomic E-state index is -4.66. The largest absolute Gasteiger partial charge is 0.493 e. The molecule has 9 heteroatoms. The lowest BCUT2D eigenvalue weighted by atomic mass is 10.2. The van der Waals surface area contributed by atoms with Gasteiger partial charge in [0.05, 0.1) is 5.56 Å². The zero-order chi connectivity index (χ0) is 15.9. The molecule has 0 aliphatic carbocycles. The quantitative estimate of drug-likeness (QED) is 0.741. The summed E-state index contributed by atoms with van der Waals surface area (Å²) in [6.07, 6.45) is -4.66. The van der Waals surface area contributed by atoms with Crippen LogP contribution in [-0.4, -0.2) is 19.9 Å². The van der Waals surface area contributed by atoms with Crippen LogP contribution in [0.5, 0.6) is 11.8 Å². The van der Waals surface area contributed by atoms with Crippen molar-refractivity contribution < 1.29 is 23.4 Å². The van der Waals surface area contributed by atoms with Crippen LogP contribution in [0.25, 0.3) is 0 Å². The number of halogens is 4. The lowest BCUT2D eigenvalue weighted by Crippen LogP contribution is -2.16. The molecule has 0 unspecified atom stereocenters. The van der Waals surface area contributed by atoms with E-state index in [0.717, 1.165) is 12.1 Å². The van der Waals surface area contributed by atoms with E-state index in [1.165, 1.54) is 13.8 Å². The van der Waals surface area contributed by atoms with Gasteiger partial charge >= 0.3 is 6.18 Å². The predicted molar refractivity (Wildman–Crippen MR) is 70.5 cm³/mol. The maximum absolute atomic E-state index is 12.9. The second-order valence-corrected chi connectivity index (χ2v) is 4.76. The zero-order valence-corrected chi connectivity index (χ0v) is 11.7. The van der Waals surface area contributed by atoms with E-state index in [4.69, 9.17) is 11.6 Å². The first-order chi connectivity index (χ1) is 9.62. The third kappa shape index (κ3) is 2.71. The summed E-state index contributed by atoms with van der Waals surface area (Å²) in [5.41, 5.74) is 1.80. The zero-order valence-electron chi connectivity index (χ0n) is 11.0. The molecule has 5 nitrogen and oxygen atoms in total. The van der Waals surface area contributed by atoms with Gasteiger partial charge in [0.1, 0.15) is 5.15 Å². The first kappa shape index (κ1) is 15.3. The molecule has 0 spiro atoms. The number of nitrogens with zero attached hydrogens (tertiary/aromatic N) is 2. The van der Waals surface area contributed by atoms with E-state index in [1.807, 2.05) is 0 Å². The molecule has 0 atom stereocenters. The summed E-state index contributed by atoms with van der Waals surface area (Å²) in [4.78, 5) is 3.55. The highest BCUT2D eigenvalue weighted by atomic mass is 35.5. The summed E-state index contributed by atoms with van der Waals surface area (Å²) in [6, 6.07) is 1.76. The predicted octanol–water partition coefficient (Wildman–Crippen LogP) is 3.46. The molecule has 0 bridgehead atoms.